The van der Waals surface area contributed by atoms with Gasteiger partial charge in [-0.3, -0.25) is 4.79 Å². The molecule has 1 N–H and O–H groups in total. The van der Waals surface area contributed by atoms with Crippen molar-refractivity contribution in [3.8, 4) is 11.3 Å². The van der Waals surface area contributed by atoms with Gasteiger partial charge < -0.3 is 19.6 Å². The lowest BCUT2D eigenvalue weighted by molar-refractivity contribution is -0.255. The second kappa shape index (κ2) is 7.13. The van der Waals surface area contributed by atoms with E-state index in [1.807, 2.05) is 30.3 Å². The Hall–Kier alpha value is -3.32. The SMILES string of the molecule is O=C([O-])c1cccc(-c2ccc([C@@H]3SC(=Nc4ccccc4)NC3=O)o2)c1. The van der Waals surface area contributed by atoms with Gasteiger partial charge >= 0.3 is 0 Å². The number of nitrogens with one attached hydrogen (secondary N) is 1. The van der Waals surface area contributed by atoms with Crippen molar-refractivity contribution in [3.63, 3.8) is 0 Å². The van der Waals surface area contributed by atoms with Gasteiger partial charge in [-0.1, -0.05) is 48.2 Å². The molecule has 0 radical (unpaired) electrons. The summed E-state index contributed by atoms with van der Waals surface area (Å²) < 4.78 is 5.81. The van der Waals surface area contributed by atoms with Gasteiger partial charge in [-0.05, 0) is 35.9 Å². The predicted octanol–water partition coefficient (Wildman–Crippen LogP) is 2.90. The van der Waals surface area contributed by atoms with E-state index in [9.17, 15) is 14.7 Å². The van der Waals surface area contributed by atoms with Gasteiger partial charge in [0.2, 0.25) is 5.91 Å². The molecule has 1 aliphatic heterocycles. The Morgan fingerprint density at radius 3 is 2.67 bits per heavy atom. The van der Waals surface area contributed by atoms with Gasteiger partial charge in [0.05, 0.1) is 11.7 Å². The van der Waals surface area contributed by atoms with Gasteiger partial charge in [0.1, 0.15) is 16.8 Å². The van der Waals surface area contributed by atoms with Crippen LogP contribution in [0.1, 0.15) is 21.4 Å². The number of para-hydroxylation sites is 1. The number of amidine groups is 1. The first kappa shape index (κ1) is 17.1. The summed E-state index contributed by atoms with van der Waals surface area (Å²) >= 11 is 1.27. The number of hydrogen-bond acceptors (Lipinski definition) is 6. The Kier molecular flexibility index (Phi) is 4.52. The molecule has 6 nitrogen and oxygen atoms in total. The number of carboxylic acid groups (broad SMARTS) is 1. The summed E-state index contributed by atoms with van der Waals surface area (Å²) in [4.78, 5) is 27.7. The summed E-state index contributed by atoms with van der Waals surface area (Å²) in [5.41, 5.74) is 1.42. The Bertz CT molecular complexity index is 1040. The molecule has 0 saturated carbocycles. The fourth-order valence-corrected chi connectivity index (χ4v) is 3.62. The maximum atomic E-state index is 12.3. The number of hydrogen-bond donors (Lipinski definition) is 1. The number of rotatable bonds is 4. The summed E-state index contributed by atoms with van der Waals surface area (Å²) in [6.07, 6.45) is 0. The number of carbonyl (C=O) groups is 2. The fraction of sp³-hybridized carbons (Fsp3) is 0.0500. The van der Waals surface area contributed by atoms with Crippen LogP contribution < -0.4 is 10.4 Å². The van der Waals surface area contributed by atoms with Crippen LogP contribution in [0.25, 0.3) is 11.3 Å². The van der Waals surface area contributed by atoms with Crippen LogP contribution in [0.3, 0.4) is 0 Å². The number of carboxylic acids is 1. The van der Waals surface area contributed by atoms with Crippen molar-refractivity contribution in [2.45, 2.75) is 5.25 Å². The minimum atomic E-state index is -1.25. The highest BCUT2D eigenvalue weighted by atomic mass is 32.2. The molecule has 0 unspecified atom stereocenters. The zero-order valence-corrected chi connectivity index (χ0v) is 14.7. The molecule has 1 aliphatic rings. The van der Waals surface area contributed by atoms with E-state index < -0.39 is 11.2 Å². The van der Waals surface area contributed by atoms with Crippen molar-refractivity contribution in [2.75, 3.05) is 0 Å². The highest BCUT2D eigenvalue weighted by Crippen LogP contribution is 2.37. The van der Waals surface area contributed by atoms with E-state index in [1.165, 1.54) is 23.9 Å². The number of aliphatic imine (C=N–C) groups is 1. The summed E-state index contributed by atoms with van der Waals surface area (Å²) in [5.74, 6) is -0.505. The van der Waals surface area contributed by atoms with Gasteiger partial charge in [-0.25, -0.2) is 4.99 Å². The first-order valence-electron chi connectivity index (χ1n) is 8.13. The van der Waals surface area contributed by atoms with Gasteiger partial charge in [-0.2, -0.15) is 0 Å². The van der Waals surface area contributed by atoms with Gasteiger partial charge in [-0.15, -0.1) is 0 Å². The lowest BCUT2D eigenvalue weighted by atomic mass is 10.1. The third-order valence-electron chi connectivity index (χ3n) is 3.95. The molecule has 4 rings (SSSR count). The van der Waals surface area contributed by atoms with E-state index in [0.29, 0.717) is 22.3 Å². The molecule has 134 valence electrons. The molecule has 27 heavy (non-hydrogen) atoms. The molecule has 0 spiro atoms. The summed E-state index contributed by atoms with van der Waals surface area (Å²) in [7, 11) is 0. The Morgan fingerprint density at radius 1 is 1.07 bits per heavy atom. The van der Waals surface area contributed by atoms with Crippen molar-refractivity contribution in [2.24, 2.45) is 4.99 Å². The van der Waals surface area contributed by atoms with Crippen molar-refractivity contribution < 1.29 is 19.1 Å². The van der Waals surface area contributed by atoms with Crippen molar-refractivity contribution in [1.82, 2.24) is 5.32 Å². The van der Waals surface area contributed by atoms with E-state index in [4.69, 9.17) is 4.42 Å². The summed E-state index contributed by atoms with van der Waals surface area (Å²) in [6, 6.07) is 19.0. The van der Waals surface area contributed by atoms with Crippen LogP contribution in [0.4, 0.5) is 5.69 Å². The molecule has 1 amide bonds. The highest BCUT2D eigenvalue weighted by molar-refractivity contribution is 8.15. The molecular weight excluding hydrogens is 364 g/mol. The molecule has 7 heteroatoms. The molecule has 2 aromatic carbocycles. The molecular formula is C20H13N2O4S-. The topological polar surface area (TPSA) is 94.7 Å². The van der Waals surface area contributed by atoms with E-state index >= 15 is 0 Å². The summed E-state index contributed by atoms with van der Waals surface area (Å²) in [6.45, 7) is 0. The third kappa shape index (κ3) is 3.63. The predicted molar refractivity (Wildman–Crippen MR) is 100 cm³/mol. The van der Waals surface area contributed by atoms with Crippen LogP contribution in [-0.4, -0.2) is 17.0 Å². The fourth-order valence-electron chi connectivity index (χ4n) is 2.68. The number of aromatic carboxylic acids is 1. The Balaban J connectivity index is 1.57. The number of benzene rings is 2. The first-order valence-corrected chi connectivity index (χ1v) is 9.01. The normalized spacial score (nSPS) is 17.9. The van der Waals surface area contributed by atoms with Crippen LogP contribution in [-0.2, 0) is 4.79 Å². The largest absolute Gasteiger partial charge is 0.545 e. The van der Waals surface area contributed by atoms with Crippen molar-refractivity contribution >= 4 is 34.5 Å². The average molecular weight is 377 g/mol. The zero-order valence-electron chi connectivity index (χ0n) is 13.9. The summed E-state index contributed by atoms with van der Waals surface area (Å²) in [5, 5.41) is 13.7. The monoisotopic (exact) mass is 377 g/mol. The van der Waals surface area contributed by atoms with E-state index in [1.54, 1.807) is 24.3 Å². The van der Waals surface area contributed by atoms with Crippen molar-refractivity contribution in [3.05, 3.63) is 78.1 Å². The quantitative estimate of drug-likeness (QED) is 0.754. The first-order chi connectivity index (χ1) is 13.1. The maximum Gasteiger partial charge on any atom is 0.247 e. The number of furan rings is 1. The zero-order chi connectivity index (χ0) is 18.8. The van der Waals surface area contributed by atoms with Crippen LogP contribution >= 0.6 is 11.8 Å². The molecule has 1 aromatic heterocycles. The highest BCUT2D eigenvalue weighted by Gasteiger charge is 2.34. The lowest BCUT2D eigenvalue weighted by Gasteiger charge is -2.04. The van der Waals surface area contributed by atoms with E-state index in [2.05, 4.69) is 10.3 Å². The Labute approximate surface area is 158 Å². The lowest BCUT2D eigenvalue weighted by Crippen LogP contribution is -2.22. The molecule has 1 atom stereocenters. The van der Waals surface area contributed by atoms with Crippen LogP contribution in [0.15, 0.2) is 76.1 Å². The number of amides is 1. The molecule has 0 bridgehead atoms. The second-order valence-corrected chi connectivity index (χ2v) is 6.90. The van der Waals surface area contributed by atoms with Crippen LogP contribution in [0, 0.1) is 0 Å². The van der Waals surface area contributed by atoms with E-state index in [-0.39, 0.29) is 11.5 Å². The number of thioether (sulfide) groups is 1. The van der Waals surface area contributed by atoms with Crippen LogP contribution in [0.5, 0.6) is 0 Å². The van der Waals surface area contributed by atoms with Crippen LogP contribution in [0.2, 0.25) is 0 Å². The number of carbonyl (C=O) groups excluding carboxylic acids is 2. The minimum absolute atomic E-state index is 0.0655. The molecule has 3 aromatic rings. The van der Waals surface area contributed by atoms with Gasteiger partial charge in [0, 0.05) is 5.56 Å². The number of nitrogens with zero attached hydrogens (tertiary/aromatic N) is 1. The second-order valence-electron chi connectivity index (χ2n) is 5.81. The van der Waals surface area contributed by atoms with Gasteiger partial charge in [0.15, 0.2) is 5.17 Å². The van der Waals surface area contributed by atoms with Gasteiger partial charge in [0.25, 0.3) is 0 Å². The van der Waals surface area contributed by atoms with E-state index in [0.717, 1.165) is 5.69 Å². The van der Waals surface area contributed by atoms with Crippen molar-refractivity contribution in [1.29, 1.82) is 0 Å². The maximum absolute atomic E-state index is 12.3. The molecule has 2 heterocycles. The molecule has 1 fully saturated rings. The average Bonchev–Trinajstić information content (AvgIpc) is 3.29. The minimum Gasteiger partial charge on any atom is -0.545 e. The molecule has 0 aliphatic carbocycles. The third-order valence-corrected chi connectivity index (χ3v) is 5.05. The Morgan fingerprint density at radius 2 is 1.89 bits per heavy atom. The smallest absolute Gasteiger partial charge is 0.247 e. The molecule has 1 saturated heterocycles. The standard InChI is InChI=1S/C20H14N2O4S/c23-18-17(27-20(22-18)21-14-7-2-1-3-8-14)16-10-9-15(26-16)12-5-4-6-13(11-12)19(24)25/h1-11,17H,(H,24,25)(H,21,22,23)/p-1/t17-/m0/s1.